The van der Waals surface area contributed by atoms with E-state index in [0.717, 1.165) is 59.2 Å². The lowest BCUT2D eigenvalue weighted by Crippen LogP contribution is -2.48. The topological polar surface area (TPSA) is 62.5 Å². The van der Waals surface area contributed by atoms with E-state index in [9.17, 15) is 4.79 Å². The first kappa shape index (κ1) is 19.9. The fourth-order valence-corrected chi connectivity index (χ4v) is 4.35. The maximum absolute atomic E-state index is 12.9. The van der Waals surface area contributed by atoms with Gasteiger partial charge in [-0.3, -0.25) is 9.69 Å². The van der Waals surface area contributed by atoms with Crippen LogP contribution < -0.4 is 5.73 Å². The van der Waals surface area contributed by atoms with Gasteiger partial charge in [-0.25, -0.2) is 4.98 Å². The molecule has 0 unspecified atom stereocenters. The molecule has 4 rings (SSSR count). The molecule has 0 atom stereocenters. The lowest BCUT2D eigenvalue weighted by Gasteiger charge is -2.35. The van der Waals surface area contributed by atoms with Crippen molar-refractivity contribution in [2.75, 3.05) is 31.9 Å². The number of fused-ring (bicyclic) bond motifs is 1. The van der Waals surface area contributed by atoms with Crippen LogP contribution in [0.2, 0.25) is 0 Å². The van der Waals surface area contributed by atoms with Crippen LogP contribution in [0.4, 0.5) is 5.82 Å². The number of rotatable bonds is 3. The van der Waals surface area contributed by atoms with Gasteiger partial charge in [-0.1, -0.05) is 39.7 Å². The number of piperazine rings is 1. The summed E-state index contributed by atoms with van der Waals surface area (Å²) >= 11 is 3.50. The molecule has 6 heteroatoms. The van der Waals surface area contributed by atoms with Crippen molar-refractivity contribution in [3.05, 3.63) is 69.2 Å². The minimum absolute atomic E-state index is 0.130. The number of nitrogen functional groups attached to an aromatic ring is 1. The second kappa shape index (κ2) is 8.13. The fraction of sp³-hybridized carbons (Fsp3) is 0.304. The van der Waals surface area contributed by atoms with E-state index in [4.69, 9.17) is 5.73 Å². The van der Waals surface area contributed by atoms with Crippen LogP contribution in [0.3, 0.4) is 0 Å². The lowest BCUT2D eigenvalue weighted by atomic mass is 10.0. The zero-order valence-corrected chi connectivity index (χ0v) is 18.4. The molecule has 2 aromatic carbocycles. The predicted octanol–water partition coefficient (Wildman–Crippen LogP) is 4.15. The Morgan fingerprint density at radius 1 is 1.07 bits per heavy atom. The number of nitrogens with two attached hydrogens (primary N) is 1. The van der Waals surface area contributed by atoms with Crippen LogP contribution in [-0.4, -0.2) is 46.9 Å². The van der Waals surface area contributed by atoms with Crippen LogP contribution >= 0.6 is 15.9 Å². The van der Waals surface area contributed by atoms with Gasteiger partial charge >= 0.3 is 0 Å². The fourth-order valence-electron chi connectivity index (χ4n) is 4.00. The Hall–Kier alpha value is -2.44. The van der Waals surface area contributed by atoms with E-state index in [1.807, 2.05) is 49.1 Å². The highest BCUT2D eigenvalue weighted by Crippen LogP contribution is 2.25. The first-order valence-corrected chi connectivity index (χ1v) is 10.6. The molecule has 0 aliphatic carbocycles. The summed E-state index contributed by atoms with van der Waals surface area (Å²) in [5.74, 6) is 0.667. The molecule has 1 fully saturated rings. The van der Waals surface area contributed by atoms with Crippen molar-refractivity contribution in [2.45, 2.75) is 20.4 Å². The SMILES string of the molecule is Cc1ccc(C(=O)N2CCN(Cc3cc(N)nc4cc(Br)ccc34)CC2)c(C)c1. The van der Waals surface area contributed by atoms with Crippen LogP contribution in [0.1, 0.15) is 27.0 Å². The number of halogens is 1. The third-order valence-electron chi connectivity index (χ3n) is 5.54. The van der Waals surface area contributed by atoms with E-state index in [-0.39, 0.29) is 5.91 Å². The molecule has 150 valence electrons. The van der Waals surface area contributed by atoms with E-state index in [1.165, 1.54) is 11.1 Å². The summed E-state index contributed by atoms with van der Waals surface area (Å²) in [7, 11) is 0. The smallest absolute Gasteiger partial charge is 0.254 e. The molecule has 2 heterocycles. The molecule has 0 spiro atoms. The van der Waals surface area contributed by atoms with Gasteiger partial charge in [-0.2, -0.15) is 0 Å². The number of aromatic nitrogens is 1. The summed E-state index contributed by atoms with van der Waals surface area (Å²) in [6.07, 6.45) is 0. The summed E-state index contributed by atoms with van der Waals surface area (Å²) < 4.78 is 0.993. The first-order valence-electron chi connectivity index (χ1n) is 9.84. The average molecular weight is 453 g/mol. The van der Waals surface area contributed by atoms with E-state index >= 15 is 0 Å². The third kappa shape index (κ3) is 4.28. The zero-order chi connectivity index (χ0) is 20.5. The van der Waals surface area contributed by atoms with Crippen molar-refractivity contribution in [1.29, 1.82) is 0 Å². The number of pyridine rings is 1. The van der Waals surface area contributed by atoms with Crippen molar-refractivity contribution in [2.24, 2.45) is 0 Å². The minimum Gasteiger partial charge on any atom is -0.384 e. The van der Waals surface area contributed by atoms with Gasteiger partial charge in [-0.05, 0) is 49.2 Å². The number of carbonyl (C=O) groups excluding carboxylic acids is 1. The maximum Gasteiger partial charge on any atom is 0.254 e. The standard InChI is InChI=1S/C23H25BrN4O/c1-15-3-5-19(16(2)11-15)23(29)28-9-7-27(8-10-28)14-17-12-22(25)26-21-13-18(24)4-6-20(17)21/h3-6,11-13H,7-10,14H2,1-2H3,(H2,25,26). The molecule has 29 heavy (non-hydrogen) atoms. The molecule has 0 saturated carbocycles. The van der Waals surface area contributed by atoms with E-state index < -0.39 is 0 Å². The Balaban J connectivity index is 1.45. The number of nitrogens with zero attached hydrogens (tertiary/aromatic N) is 3. The zero-order valence-electron chi connectivity index (χ0n) is 16.8. The van der Waals surface area contributed by atoms with E-state index in [0.29, 0.717) is 5.82 Å². The Kier molecular flexibility index (Phi) is 5.56. The number of amides is 1. The number of carbonyl (C=O) groups is 1. The van der Waals surface area contributed by atoms with Gasteiger partial charge in [0.05, 0.1) is 5.52 Å². The molecule has 1 amide bonds. The second-order valence-electron chi connectivity index (χ2n) is 7.75. The molecule has 1 aromatic heterocycles. The van der Waals surface area contributed by atoms with Gasteiger partial charge in [-0.15, -0.1) is 0 Å². The highest BCUT2D eigenvalue weighted by molar-refractivity contribution is 9.10. The van der Waals surface area contributed by atoms with Crippen molar-refractivity contribution in [3.63, 3.8) is 0 Å². The third-order valence-corrected chi connectivity index (χ3v) is 6.04. The molecule has 0 radical (unpaired) electrons. The number of aryl methyl sites for hydroxylation is 2. The van der Waals surface area contributed by atoms with Crippen molar-refractivity contribution in [3.8, 4) is 0 Å². The van der Waals surface area contributed by atoms with E-state index in [1.54, 1.807) is 0 Å². The number of hydrogen-bond acceptors (Lipinski definition) is 4. The second-order valence-corrected chi connectivity index (χ2v) is 8.67. The van der Waals surface area contributed by atoms with Crippen LogP contribution in [-0.2, 0) is 6.54 Å². The van der Waals surface area contributed by atoms with Gasteiger partial charge in [0, 0.05) is 48.1 Å². The Labute approximate surface area is 179 Å². The van der Waals surface area contributed by atoms with Gasteiger partial charge in [0.15, 0.2) is 0 Å². The largest absolute Gasteiger partial charge is 0.384 e. The molecule has 1 aliphatic rings. The molecular weight excluding hydrogens is 428 g/mol. The summed E-state index contributed by atoms with van der Waals surface area (Å²) in [5, 5.41) is 1.12. The van der Waals surface area contributed by atoms with Crippen molar-refractivity contribution >= 4 is 38.6 Å². The first-order chi connectivity index (χ1) is 13.9. The van der Waals surface area contributed by atoms with Crippen LogP contribution in [0.5, 0.6) is 0 Å². The Morgan fingerprint density at radius 3 is 2.55 bits per heavy atom. The number of hydrogen-bond donors (Lipinski definition) is 1. The van der Waals surface area contributed by atoms with Crippen molar-refractivity contribution < 1.29 is 4.79 Å². The summed E-state index contributed by atoms with van der Waals surface area (Å²) in [6, 6.07) is 14.1. The Morgan fingerprint density at radius 2 is 1.83 bits per heavy atom. The summed E-state index contributed by atoms with van der Waals surface area (Å²) in [6.45, 7) is 8.01. The van der Waals surface area contributed by atoms with Gasteiger partial charge in [0.2, 0.25) is 0 Å². The molecule has 2 N–H and O–H groups in total. The highest BCUT2D eigenvalue weighted by Gasteiger charge is 2.23. The van der Waals surface area contributed by atoms with Gasteiger partial charge < -0.3 is 10.6 Å². The molecule has 0 bridgehead atoms. The maximum atomic E-state index is 12.9. The minimum atomic E-state index is 0.130. The molecule has 1 saturated heterocycles. The average Bonchev–Trinajstić information content (AvgIpc) is 2.67. The molecule has 5 nitrogen and oxygen atoms in total. The number of benzene rings is 2. The van der Waals surface area contributed by atoms with Crippen LogP contribution in [0.15, 0.2) is 46.9 Å². The predicted molar refractivity (Wildman–Crippen MR) is 121 cm³/mol. The van der Waals surface area contributed by atoms with E-state index in [2.05, 4.69) is 37.9 Å². The van der Waals surface area contributed by atoms with Crippen LogP contribution in [0.25, 0.3) is 10.9 Å². The molecule has 1 aliphatic heterocycles. The van der Waals surface area contributed by atoms with Crippen LogP contribution in [0, 0.1) is 13.8 Å². The quantitative estimate of drug-likeness (QED) is 0.647. The summed E-state index contributed by atoms with van der Waals surface area (Å²) in [5.41, 5.74) is 11.1. The molecule has 3 aromatic rings. The summed E-state index contributed by atoms with van der Waals surface area (Å²) in [4.78, 5) is 21.7. The monoisotopic (exact) mass is 452 g/mol. The lowest BCUT2D eigenvalue weighted by molar-refractivity contribution is 0.0628. The Bertz CT molecular complexity index is 1070. The number of anilines is 1. The molecular formula is C23H25BrN4O. The van der Waals surface area contributed by atoms with Crippen molar-refractivity contribution in [1.82, 2.24) is 14.8 Å². The van der Waals surface area contributed by atoms with Gasteiger partial charge in [0.1, 0.15) is 5.82 Å². The normalized spacial score (nSPS) is 15.1. The highest BCUT2D eigenvalue weighted by atomic mass is 79.9. The van der Waals surface area contributed by atoms with Gasteiger partial charge in [0.25, 0.3) is 5.91 Å².